The summed E-state index contributed by atoms with van der Waals surface area (Å²) < 4.78 is 28.9. The van der Waals surface area contributed by atoms with E-state index in [0.717, 1.165) is 23.2 Å². The third kappa shape index (κ3) is 1.94. The molecule has 0 spiro atoms. The van der Waals surface area contributed by atoms with Gasteiger partial charge < -0.3 is 0 Å². The fraction of sp³-hybridized carbons (Fsp3) is 0.0714. The number of halogens is 3. The second-order valence-electron chi connectivity index (χ2n) is 4.26. The molecule has 0 unspecified atom stereocenters. The fourth-order valence-electron chi connectivity index (χ4n) is 2.09. The summed E-state index contributed by atoms with van der Waals surface area (Å²) >= 11 is 3.40. The standard InChI is InChI=1S/C14H9BrF2N2/c1-8-3-2-6-19-12(8)13(15)18-14(19)9-4-5-10(16)11(17)7-9/h2-7H,1H3. The summed E-state index contributed by atoms with van der Waals surface area (Å²) in [6.07, 6.45) is 1.84. The smallest absolute Gasteiger partial charge is 0.159 e. The van der Waals surface area contributed by atoms with Crippen LogP contribution in [0.1, 0.15) is 5.56 Å². The lowest BCUT2D eigenvalue weighted by Gasteiger charge is -2.03. The van der Waals surface area contributed by atoms with Crippen molar-refractivity contribution in [3.8, 4) is 11.4 Å². The van der Waals surface area contributed by atoms with Crippen LogP contribution in [0.3, 0.4) is 0 Å². The molecule has 0 saturated carbocycles. The summed E-state index contributed by atoms with van der Waals surface area (Å²) in [7, 11) is 0. The van der Waals surface area contributed by atoms with E-state index < -0.39 is 11.6 Å². The highest BCUT2D eigenvalue weighted by Crippen LogP contribution is 2.28. The van der Waals surface area contributed by atoms with Gasteiger partial charge in [0.15, 0.2) is 11.6 Å². The molecule has 19 heavy (non-hydrogen) atoms. The van der Waals surface area contributed by atoms with Crippen molar-refractivity contribution in [2.24, 2.45) is 0 Å². The molecule has 2 heterocycles. The molecule has 1 aromatic carbocycles. The molecule has 0 saturated heterocycles. The van der Waals surface area contributed by atoms with Crippen LogP contribution in [-0.2, 0) is 0 Å². The van der Waals surface area contributed by atoms with E-state index in [1.807, 2.05) is 29.7 Å². The minimum absolute atomic E-state index is 0.533. The maximum Gasteiger partial charge on any atom is 0.159 e. The Bertz CT molecular complexity index is 780. The maximum atomic E-state index is 13.3. The largest absolute Gasteiger partial charge is 0.298 e. The lowest BCUT2D eigenvalue weighted by Crippen LogP contribution is -1.92. The van der Waals surface area contributed by atoms with Gasteiger partial charge in [0.2, 0.25) is 0 Å². The first-order valence-corrected chi connectivity index (χ1v) is 6.46. The number of aromatic nitrogens is 2. The van der Waals surface area contributed by atoms with Gasteiger partial charge in [0.05, 0.1) is 5.52 Å². The summed E-state index contributed by atoms with van der Waals surface area (Å²) in [5.74, 6) is -1.16. The van der Waals surface area contributed by atoms with Crippen LogP contribution in [0.2, 0.25) is 0 Å². The number of pyridine rings is 1. The minimum atomic E-state index is -0.877. The summed E-state index contributed by atoms with van der Waals surface area (Å²) in [6.45, 7) is 1.97. The van der Waals surface area contributed by atoms with Crippen LogP contribution in [0.4, 0.5) is 8.78 Å². The van der Waals surface area contributed by atoms with E-state index in [1.165, 1.54) is 6.07 Å². The second kappa shape index (κ2) is 4.42. The highest BCUT2D eigenvalue weighted by molar-refractivity contribution is 9.10. The summed E-state index contributed by atoms with van der Waals surface area (Å²) in [6, 6.07) is 7.63. The Labute approximate surface area is 116 Å². The molecule has 0 aliphatic carbocycles. The van der Waals surface area contributed by atoms with Crippen LogP contribution in [-0.4, -0.2) is 9.38 Å². The number of nitrogens with zero attached hydrogens (tertiary/aromatic N) is 2. The molecule has 0 fully saturated rings. The molecule has 0 aliphatic heterocycles. The Morgan fingerprint density at radius 3 is 2.68 bits per heavy atom. The Hall–Kier alpha value is -1.75. The second-order valence-corrected chi connectivity index (χ2v) is 5.02. The Morgan fingerprint density at radius 2 is 1.95 bits per heavy atom. The van der Waals surface area contributed by atoms with Gasteiger partial charge in [-0.25, -0.2) is 13.8 Å². The zero-order chi connectivity index (χ0) is 13.6. The van der Waals surface area contributed by atoms with Crippen molar-refractivity contribution in [2.45, 2.75) is 6.92 Å². The average molecular weight is 323 g/mol. The zero-order valence-corrected chi connectivity index (χ0v) is 11.6. The minimum Gasteiger partial charge on any atom is -0.298 e. The summed E-state index contributed by atoms with van der Waals surface area (Å²) in [4.78, 5) is 4.38. The predicted molar refractivity (Wildman–Crippen MR) is 73.0 cm³/mol. The maximum absolute atomic E-state index is 13.3. The molecule has 0 bridgehead atoms. The third-order valence-corrected chi connectivity index (χ3v) is 3.55. The van der Waals surface area contributed by atoms with Crippen molar-refractivity contribution in [1.82, 2.24) is 9.38 Å². The molecule has 3 rings (SSSR count). The van der Waals surface area contributed by atoms with E-state index in [-0.39, 0.29) is 0 Å². The molecule has 5 heteroatoms. The van der Waals surface area contributed by atoms with Gasteiger partial charge in [-0.15, -0.1) is 0 Å². The van der Waals surface area contributed by atoms with E-state index in [1.54, 1.807) is 0 Å². The van der Waals surface area contributed by atoms with E-state index in [0.29, 0.717) is 16.0 Å². The number of imidazole rings is 1. The van der Waals surface area contributed by atoms with Gasteiger partial charge in [0.1, 0.15) is 10.4 Å². The van der Waals surface area contributed by atoms with Crippen LogP contribution >= 0.6 is 15.9 Å². The van der Waals surface area contributed by atoms with Crippen molar-refractivity contribution < 1.29 is 8.78 Å². The predicted octanol–water partition coefficient (Wildman–Crippen LogP) is 4.35. The van der Waals surface area contributed by atoms with Crippen molar-refractivity contribution in [3.05, 3.63) is 58.3 Å². The zero-order valence-electron chi connectivity index (χ0n) is 9.99. The fourth-order valence-corrected chi connectivity index (χ4v) is 2.77. The molecule has 96 valence electrons. The van der Waals surface area contributed by atoms with Crippen LogP contribution in [0.25, 0.3) is 16.9 Å². The Balaban J connectivity index is 2.31. The van der Waals surface area contributed by atoms with Crippen molar-refractivity contribution in [3.63, 3.8) is 0 Å². The van der Waals surface area contributed by atoms with Crippen molar-refractivity contribution in [1.29, 1.82) is 0 Å². The lowest BCUT2D eigenvalue weighted by molar-refractivity contribution is 0.509. The van der Waals surface area contributed by atoms with Gasteiger partial charge in [-0.05, 0) is 52.7 Å². The third-order valence-electron chi connectivity index (χ3n) is 3.00. The topological polar surface area (TPSA) is 17.3 Å². The van der Waals surface area contributed by atoms with Crippen molar-refractivity contribution in [2.75, 3.05) is 0 Å². The lowest BCUT2D eigenvalue weighted by atomic mass is 10.2. The van der Waals surface area contributed by atoms with Gasteiger partial charge in [-0.1, -0.05) is 6.07 Å². The van der Waals surface area contributed by atoms with Crippen LogP contribution in [0.15, 0.2) is 41.1 Å². The normalized spacial score (nSPS) is 11.2. The first-order chi connectivity index (χ1) is 9.08. The molecule has 2 nitrogen and oxygen atoms in total. The molecule has 3 aromatic rings. The Kier molecular flexibility index (Phi) is 2.86. The molecular weight excluding hydrogens is 314 g/mol. The monoisotopic (exact) mass is 322 g/mol. The summed E-state index contributed by atoms with van der Waals surface area (Å²) in [5.41, 5.74) is 2.50. The van der Waals surface area contributed by atoms with Gasteiger partial charge in [-0.3, -0.25) is 4.40 Å². The number of benzene rings is 1. The highest BCUT2D eigenvalue weighted by Gasteiger charge is 2.14. The van der Waals surface area contributed by atoms with E-state index >= 15 is 0 Å². The van der Waals surface area contributed by atoms with Gasteiger partial charge in [0, 0.05) is 11.8 Å². The molecule has 0 radical (unpaired) electrons. The average Bonchev–Trinajstić information content (AvgIpc) is 2.72. The van der Waals surface area contributed by atoms with Crippen molar-refractivity contribution >= 4 is 21.4 Å². The Morgan fingerprint density at radius 1 is 1.16 bits per heavy atom. The molecule has 2 aromatic heterocycles. The molecule has 0 aliphatic rings. The SMILES string of the molecule is Cc1cccn2c(-c3ccc(F)c(F)c3)nc(Br)c12. The number of hydrogen-bond donors (Lipinski definition) is 0. The number of aryl methyl sites for hydroxylation is 1. The summed E-state index contributed by atoms with van der Waals surface area (Å²) in [5, 5.41) is 0. The number of hydrogen-bond acceptors (Lipinski definition) is 1. The van der Waals surface area contributed by atoms with Gasteiger partial charge in [0.25, 0.3) is 0 Å². The van der Waals surface area contributed by atoms with Crippen LogP contribution < -0.4 is 0 Å². The molecule has 0 atom stereocenters. The van der Waals surface area contributed by atoms with Crippen LogP contribution in [0.5, 0.6) is 0 Å². The number of fused-ring (bicyclic) bond motifs is 1. The molecular formula is C14H9BrF2N2. The van der Waals surface area contributed by atoms with E-state index in [4.69, 9.17) is 0 Å². The van der Waals surface area contributed by atoms with Gasteiger partial charge in [-0.2, -0.15) is 0 Å². The number of rotatable bonds is 1. The first kappa shape index (κ1) is 12.3. The first-order valence-electron chi connectivity index (χ1n) is 5.66. The highest BCUT2D eigenvalue weighted by atomic mass is 79.9. The molecule has 0 N–H and O–H groups in total. The van der Waals surface area contributed by atoms with E-state index in [2.05, 4.69) is 20.9 Å². The molecule has 0 amide bonds. The van der Waals surface area contributed by atoms with Gasteiger partial charge >= 0.3 is 0 Å². The van der Waals surface area contributed by atoms with E-state index in [9.17, 15) is 8.78 Å². The quantitative estimate of drug-likeness (QED) is 0.651. The van der Waals surface area contributed by atoms with Crippen LogP contribution in [0, 0.1) is 18.6 Å².